The lowest BCUT2D eigenvalue weighted by Gasteiger charge is -2.25. The fourth-order valence-corrected chi connectivity index (χ4v) is 4.52. The molecule has 1 aromatic carbocycles. The van der Waals surface area contributed by atoms with E-state index in [1.807, 2.05) is 20.8 Å². The fourth-order valence-electron chi connectivity index (χ4n) is 2.55. The molecule has 0 fully saturated rings. The standard InChI is InChI=1S/C15H24N2O4S/c1-10(2)8-17(9-14(18)16-19)22(20,21)15-12(4)6-11(3)7-13(15)5/h6-7,10,19H,8-9H2,1-5H3,(H,16,18). The zero-order chi connectivity index (χ0) is 17.1. The highest BCUT2D eigenvalue weighted by atomic mass is 32.2. The van der Waals surface area contributed by atoms with Gasteiger partial charge in [-0.25, -0.2) is 13.9 Å². The number of amides is 1. The summed E-state index contributed by atoms with van der Waals surface area (Å²) in [6.07, 6.45) is 0. The van der Waals surface area contributed by atoms with Crippen molar-refractivity contribution < 1.29 is 18.4 Å². The number of aryl methyl sites for hydroxylation is 3. The van der Waals surface area contributed by atoms with E-state index in [2.05, 4.69) is 0 Å². The summed E-state index contributed by atoms with van der Waals surface area (Å²) in [6, 6.07) is 3.61. The van der Waals surface area contributed by atoms with E-state index in [1.165, 1.54) is 5.48 Å². The van der Waals surface area contributed by atoms with Gasteiger partial charge in [0.1, 0.15) is 0 Å². The Bertz CT molecular complexity index is 631. The Morgan fingerprint density at radius 3 is 2.14 bits per heavy atom. The summed E-state index contributed by atoms with van der Waals surface area (Å²) in [4.78, 5) is 11.7. The second-order valence-electron chi connectivity index (χ2n) is 5.95. The van der Waals surface area contributed by atoms with Gasteiger partial charge >= 0.3 is 0 Å². The van der Waals surface area contributed by atoms with Crippen LogP contribution in [-0.4, -0.2) is 36.9 Å². The van der Waals surface area contributed by atoms with E-state index in [-0.39, 0.29) is 17.4 Å². The van der Waals surface area contributed by atoms with E-state index in [4.69, 9.17) is 5.21 Å². The van der Waals surface area contributed by atoms with Crippen molar-refractivity contribution in [3.63, 3.8) is 0 Å². The average Bonchev–Trinajstić information content (AvgIpc) is 2.35. The molecule has 22 heavy (non-hydrogen) atoms. The first-order chi connectivity index (χ1) is 10.1. The van der Waals surface area contributed by atoms with E-state index in [0.717, 1.165) is 9.87 Å². The summed E-state index contributed by atoms with van der Waals surface area (Å²) < 4.78 is 27.0. The van der Waals surface area contributed by atoms with Crippen molar-refractivity contribution >= 4 is 15.9 Å². The number of carbonyl (C=O) groups excluding carboxylic acids is 1. The lowest BCUT2D eigenvalue weighted by Crippen LogP contribution is -2.42. The molecule has 7 heteroatoms. The fraction of sp³-hybridized carbons (Fsp3) is 0.533. The molecular formula is C15H24N2O4S. The van der Waals surface area contributed by atoms with Crippen molar-refractivity contribution in [1.29, 1.82) is 0 Å². The van der Waals surface area contributed by atoms with Gasteiger partial charge in [-0.05, 0) is 37.8 Å². The van der Waals surface area contributed by atoms with E-state index < -0.39 is 22.5 Å². The molecule has 1 aromatic rings. The highest BCUT2D eigenvalue weighted by Gasteiger charge is 2.30. The number of nitrogens with one attached hydrogen (secondary N) is 1. The van der Waals surface area contributed by atoms with Crippen LogP contribution in [0, 0.1) is 26.7 Å². The molecular weight excluding hydrogens is 304 g/mol. The van der Waals surface area contributed by atoms with Crippen LogP contribution >= 0.6 is 0 Å². The Hall–Kier alpha value is -1.44. The van der Waals surface area contributed by atoms with Gasteiger partial charge in [0.25, 0.3) is 5.91 Å². The minimum absolute atomic E-state index is 0.0485. The minimum atomic E-state index is -3.82. The van der Waals surface area contributed by atoms with Crippen molar-refractivity contribution in [2.24, 2.45) is 5.92 Å². The van der Waals surface area contributed by atoms with Crippen molar-refractivity contribution in [3.8, 4) is 0 Å². The minimum Gasteiger partial charge on any atom is -0.289 e. The molecule has 0 unspecified atom stereocenters. The van der Waals surface area contributed by atoms with Gasteiger partial charge in [0.05, 0.1) is 11.4 Å². The summed E-state index contributed by atoms with van der Waals surface area (Å²) in [7, 11) is -3.82. The molecule has 0 aliphatic carbocycles. The van der Waals surface area contributed by atoms with Gasteiger partial charge in [0.2, 0.25) is 10.0 Å². The van der Waals surface area contributed by atoms with Crippen molar-refractivity contribution in [2.45, 2.75) is 39.5 Å². The van der Waals surface area contributed by atoms with Crippen LogP contribution < -0.4 is 5.48 Å². The molecule has 0 aliphatic heterocycles. The molecule has 0 radical (unpaired) electrons. The van der Waals surface area contributed by atoms with Crippen LogP contribution in [-0.2, 0) is 14.8 Å². The van der Waals surface area contributed by atoms with Gasteiger partial charge in [-0.15, -0.1) is 0 Å². The molecule has 1 amide bonds. The topological polar surface area (TPSA) is 86.7 Å². The van der Waals surface area contributed by atoms with Gasteiger partial charge < -0.3 is 0 Å². The van der Waals surface area contributed by atoms with Crippen LogP contribution in [0.4, 0.5) is 0 Å². The summed E-state index contributed by atoms with van der Waals surface area (Å²) in [6.45, 7) is 8.91. The van der Waals surface area contributed by atoms with Crippen LogP contribution in [0.25, 0.3) is 0 Å². The number of rotatable bonds is 6. The molecule has 124 valence electrons. The first-order valence-electron chi connectivity index (χ1n) is 7.10. The third-order valence-corrected chi connectivity index (χ3v) is 5.33. The zero-order valence-electron chi connectivity index (χ0n) is 13.7. The summed E-state index contributed by atoms with van der Waals surface area (Å²) in [5.74, 6) is -0.709. The lowest BCUT2D eigenvalue weighted by molar-refractivity contribution is -0.129. The monoisotopic (exact) mass is 328 g/mol. The third kappa shape index (κ3) is 4.28. The number of hydrogen-bond donors (Lipinski definition) is 2. The zero-order valence-corrected chi connectivity index (χ0v) is 14.5. The van der Waals surface area contributed by atoms with E-state index in [9.17, 15) is 13.2 Å². The number of hydroxylamine groups is 1. The van der Waals surface area contributed by atoms with Gasteiger partial charge in [0, 0.05) is 6.54 Å². The van der Waals surface area contributed by atoms with E-state index in [1.54, 1.807) is 26.0 Å². The van der Waals surface area contributed by atoms with Crippen LogP contribution in [0.5, 0.6) is 0 Å². The van der Waals surface area contributed by atoms with E-state index >= 15 is 0 Å². The summed E-state index contributed by atoms with van der Waals surface area (Å²) in [5.41, 5.74) is 3.77. The first-order valence-corrected chi connectivity index (χ1v) is 8.54. The molecule has 0 heterocycles. The second kappa shape index (κ2) is 7.21. The smallest absolute Gasteiger partial charge is 0.258 e. The Morgan fingerprint density at radius 2 is 1.73 bits per heavy atom. The molecule has 0 aromatic heterocycles. The maximum Gasteiger partial charge on any atom is 0.258 e. The number of sulfonamides is 1. The Balaban J connectivity index is 3.36. The third-order valence-electron chi connectivity index (χ3n) is 3.22. The van der Waals surface area contributed by atoms with Crippen LogP contribution in [0.3, 0.4) is 0 Å². The highest BCUT2D eigenvalue weighted by Crippen LogP contribution is 2.25. The van der Waals surface area contributed by atoms with Crippen LogP contribution in [0.2, 0.25) is 0 Å². The SMILES string of the molecule is Cc1cc(C)c(S(=O)(=O)N(CC(=O)NO)CC(C)C)c(C)c1. The Morgan fingerprint density at radius 1 is 1.23 bits per heavy atom. The van der Waals surface area contributed by atoms with Gasteiger partial charge in [-0.3, -0.25) is 10.0 Å². The largest absolute Gasteiger partial charge is 0.289 e. The highest BCUT2D eigenvalue weighted by molar-refractivity contribution is 7.89. The molecule has 0 saturated carbocycles. The molecule has 0 aliphatic rings. The molecule has 1 rings (SSSR count). The maximum absolute atomic E-state index is 12.9. The molecule has 0 bridgehead atoms. The number of nitrogens with zero attached hydrogens (tertiary/aromatic N) is 1. The molecule has 0 saturated heterocycles. The normalized spacial score (nSPS) is 12.0. The molecule has 2 N–H and O–H groups in total. The van der Waals surface area contributed by atoms with Gasteiger partial charge in [-0.1, -0.05) is 31.5 Å². The van der Waals surface area contributed by atoms with Gasteiger partial charge in [-0.2, -0.15) is 4.31 Å². The number of hydrogen-bond acceptors (Lipinski definition) is 4. The summed E-state index contributed by atoms with van der Waals surface area (Å²) >= 11 is 0. The average molecular weight is 328 g/mol. The predicted octanol–water partition coefficient (Wildman–Crippen LogP) is 1.76. The Labute approximate surface area is 132 Å². The quantitative estimate of drug-likeness (QED) is 0.615. The van der Waals surface area contributed by atoms with Crippen LogP contribution in [0.1, 0.15) is 30.5 Å². The van der Waals surface area contributed by atoms with Crippen molar-refractivity contribution in [1.82, 2.24) is 9.79 Å². The lowest BCUT2D eigenvalue weighted by atomic mass is 10.1. The van der Waals surface area contributed by atoms with Crippen LogP contribution in [0.15, 0.2) is 17.0 Å². The molecule has 6 nitrogen and oxygen atoms in total. The van der Waals surface area contributed by atoms with Gasteiger partial charge in [0.15, 0.2) is 0 Å². The predicted molar refractivity (Wildman–Crippen MR) is 84.2 cm³/mol. The van der Waals surface area contributed by atoms with Crippen molar-refractivity contribution in [2.75, 3.05) is 13.1 Å². The van der Waals surface area contributed by atoms with E-state index in [0.29, 0.717) is 11.1 Å². The molecule has 0 spiro atoms. The number of benzene rings is 1. The number of carbonyl (C=O) groups is 1. The Kier molecular flexibility index (Phi) is 6.10. The van der Waals surface area contributed by atoms with Crippen molar-refractivity contribution in [3.05, 3.63) is 28.8 Å². The molecule has 0 atom stereocenters. The maximum atomic E-state index is 12.9. The first kappa shape index (κ1) is 18.6. The summed E-state index contributed by atoms with van der Waals surface area (Å²) in [5, 5.41) is 8.68. The second-order valence-corrected chi connectivity index (χ2v) is 7.83.